The summed E-state index contributed by atoms with van der Waals surface area (Å²) >= 11 is 12.6. The molecule has 1 saturated heterocycles. The number of carbonyl (C=O) groups excluding carboxylic acids is 6. The van der Waals surface area contributed by atoms with Crippen molar-refractivity contribution in [2.45, 2.75) is 109 Å². The van der Waals surface area contributed by atoms with Gasteiger partial charge in [0.1, 0.15) is 29.1 Å². The maximum absolute atomic E-state index is 14.5. The lowest BCUT2D eigenvalue weighted by Gasteiger charge is -2.37. The number of amides is 5. The minimum absolute atomic E-state index is 0.0421. The Morgan fingerprint density at radius 3 is 2.17 bits per heavy atom. The number of nitrogens with zero attached hydrogens (tertiary/aromatic N) is 1. The number of esters is 1. The maximum Gasteiger partial charge on any atom is 0.329 e. The molecule has 3 fully saturated rings. The van der Waals surface area contributed by atoms with Gasteiger partial charge in [-0.05, 0) is 65.4 Å². The van der Waals surface area contributed by atoms with Gasteiger partial charge in [0, 0.05) is 25.9 Å². The monoisotopic (exact) mass is 773 g/mol. The van der Waals surface area contributed by atoms with Gasteiger partial charge in [-0.25, -0.2) is 9.59 Å². The minimum atomic E-state index is -1.11. The topological polar surface area (TPSA) is 163 Å². The molecule has 1 aromatic carbocycles. The third kappa shape index (κ3) is 9.36. The number of hydrogen-bond donors (Lipinski definition) is 4. The van der Waals surface area contributed by atoms with Crippen LogP contribution in [0.1, 0.15) is 78.4 Å². The number of alkyl halides is 2. The molecular weight excluding hydrogens is 721 g/mol. The number of rotatable bonds is 14. The molecule has 1 aromatic rings. The van der Waals surface area contributed by atoms with Crippen LogP contribution in [0.25, 0.3) is 0 Å². The van der Waals surface area contributed by atoms with Crippen molar-refractivity contribution in [3.8, 4) is 0 Å². The van der Waals surface area contributed by atoms with Crippen LogP contribution >= 0.6 is 23.2 Å². The van der Waals surface area contributed by atoms with Gasteiger partial charge in [-0.1, -0.05) is 78.3 Å². The molecular formula is C39H53Cl2N5O7. The first kappa shape index (κ1) is 40.5. The number of urea groups is 1. The second kappa shape index (κ2) is 16.8. The predicted octanol–water partition coefficient (Wildman–Crippen LogP) is 4.21. The Hall–Kier alpha value is -3.64. The molecule has 290 valence electrons. The molecule has 0 radical (unpaired) electrons. The van der Waals surface area contributed by atoms with Crippen LogP contribution in [0, 0.1) is 35.0 Å². The molecule has 4 N–H and O–H groups in total. The van der Waals surface area contributed by atoms with Crippen LogP contribution < -0.4 is 21.3 Å². The smallest absolute Gasteiger partial charge is 0.329 e. The number of Topliss-reactive ketones (excluding diaryl/α,β-unsaturated/α-hetero) is 1. The van der Waals surface area contributed by atoms with Crippen molar-refractivity contribution in [3.63, 3.8) is 0 Å². The number of piperidine rings is 1. The zero-order valence-electron chi connectivity index (χ0n) is 31.4. The number of likely N-dealkylation sites (tertiary alicyclic amines) is 1. The average molecular weight is 775 g/mol. The Kier molecular flexibility index (Phi) is 12.8. The lowest BCUT2D eigenvalue weighted by molar-refractivity contribution is -0.152. The van der Waals surface area contributed by atoms with Crippen molar-refractivity contribution in [1.82, 2.24) is 26.2 Å². The Balaban J connectivity index is 1.30. The van der Waals surface area contributed by atoms with Crippen molar-refractivity contribution < 1.29 is 33.5 Å². The zero-order valence-corrected chi connectivity index (χ0v) is 32.9. The number of hydrogen-bond acceptors (Lipinski definition) is 7. The summed E-state index contributed by atoms with van der Waals surface area (Å²) < 4.78 is 5.85. The molecule has 0 spiro atoms. The number of fused-ring (bicyclic) bond motifs is 2. The third-order valence-corrected chi connectivity index (χ3v) is 11.5. The van der Waals surface area contributed by atoms with Crippen molar-refractivity contribution >= 4 is 58.7 Å². The van der Waals surface area contributed by atoms with E-state index in [9.17, 15) is 28.8 Å². The number of nitrogens with one attached hydrogen (secondary N) is 4. The van der Waals surface area contributed by atoms with Crippen molar-refractivity contribution in [2.75, 3.05) is 13.1 Å². The van der Waals surface area contributed by atoms with Gasteiger partial charge in [0.2, 0.25) is 11.8 Å². The van der Waals surface area contributed by atoms with Gasteiger partial charge < -0.3 is 30.9 Å². The van der Waals surface area contributed by atoms with Gasteiger partial charge in [-0.15, -0.1) is 23.2 Å². The molecule has 1 unspecified atom stereocenters. The first-order chi connectivity index (χ1) is 25.0. The van der Waals surface area contributed by atoms with E-state index in [1.807, 2.05) is 31.2 Å². The summed E-state index contributed by atoms with van der Waals surface area (Å²) in [5.74, 6) is -4.46. The second-order valence-corrected chi connectivity index (χ2v) is 17.5. The van der Waals surface area contributed by atoms with Crippen LogP contribution in [-0.4, -0.2) is 82.6 Å². The number of halogens is 2. The Morgan fingerprint density at radius 2 is 1.64 bits per heavy atom. The molecule has 5 amide bonds. The summed E-state index contributed by atoms with van der Waals surface area (Å²) in [6.07, 6.45) is 5.76. The molecule has 1 heterocycles. The third-order valence-electron chi connectivity index (χ3n) is 10.9. The molecule has 4 aliphatic rings. The highest BCUT2D eigenvalue weighted by molar-refractivity contribution is 6.44. The van der Waals surface area contributed by atoms with E-state index in [2.05, 4.69) is 21.3 Å². The van der Waals surface area contributed by atoms with E-state index in [1.54, 1.807) is 40.7 Å². The highest BCUT2D eigenvalue weighted by atomic mass is 35.5. The van der Waals surface area contributed by atoms with Gasteiger partial charge in [0.05, 0.1) is 5.70 Å². The Morgan fingerprint density at radius 1 is 1.00 bits per heavy atom. The Bertz CT molecular complexity index is 1600. The summed E-state index contributed by atoms with van der Waals surface area (Å²) in [4.78, 5) is 82.1. The van der Waals surface area contributed by atoms with Crippen LogP contribution in [-0.2, 0) is 41.6 Å². The van der Waals surface area contributed by atoms with Crippen molar-refractivity contribution in [2.24, 2.45) is 35.0 Å². The van der Waals surface area contributed by atoms with Gasteiger partial charge in [-0.2, -0.15) is 0 Å². The maximum atomic E-state index is 14.5. The van der Waals surface area contributed by atoms with Crippen molar-refractivity contribution in [1.29, 1.82) is 0 Å². The minimum Gasteiger partial charge on any atom is -0.460 e. The van der Waals surface area contributed by atoms with Crippen LogP contribution in [0.15, 0.2) is 36.0 Å². The van der Waals surface area contributed by atoms with E-state index in [-0.39, 0.29) is 47.9 Å². The quantitative estimate of drug-likeness (QED) is 0.0953. The lowest BCUT2D eigenvalue weighted by Crippen LogP contribution is -2.61. The van der Waals surface area contributed by atoms with Crippen LogP contribution in [0.3, 0.4) is 0 Å². The summed E-state index contributed by atoms with van der Waals surface area (Å²) in [5.41, 5.74) is 1.31. The standard InChI is InChI=1S/C39H53Cl2N5O7/c1-7-15-42-35(49)31(47)26(16-21-11-10-12-21)43-34(48)30-27-25(28(27)33(40)41)19-46(30)36(50)32(39(4,5)6)45-38(52)44-29(20(2)3)37(51)53-24-17-22-13-8-9-14-23(22)18-24/h8-9,13-14,16,20-21,24-25,27-30,32-33H,7,10-12,15,17-19H2,1-6H3,(H,42,49)(H,43,48)(H2,44,45,52)/b26-16+/t25-,27+,28?,29-,30-,32+/m0/s1. The van der Waals surface area contributed by atoms with Crippen LogP contribution in [0.5, 0.6) is 0 Å². The number of carbonyl (C=O) groups is 6. The summed E-state index contributed by atoms with van der Waals surface area (Å²) in [5, 5.41) is 10.8. The fourth-order valence-electron chi connectivity index (χ4n) is 7.69. The number of ether oxygens (including phenoxy) is 1. The average Bonchev–Trinajstić information content (AvgIpc) is 3.41. The first-order valence-electron chi connectivity index (χ1n) is 18.8. The highest BCUT2D eigenvalue weighted by Gasteiger charge is 2.67. The predicted molar refractivity (Wildman–Crippen MR) is 201 cm³/mol. The second-order valence-electron chi connectivity index (χ2n) is 16.3. The van der Waals surface area contributed by atoms with Crippen LogP contribution in [0.4, 0.5) is 4.79 Å². The molecule has 0 aromatic heterocycles. The Labute approximate surface area is 321 Å². The summed E-state index contributed by atoms with van der Waals surface area (Å²) in [7, 11) is 0. The molecule has 12 nitrogen and oxygen atoms in total. The van der Waals surface area contributed by atoms with E-state index in [1.165, 1.54) is 4.90 Å². The molecule has 14 heteroatoms. The van der Waals surface area contributed by atoms with E-state index in [0.717, 1.165) is 30.4 Å². The van der Waals surface area contributed by atoms with Crippen molar-refractivity contribution in [3.05, 3.63) is 47.2 Å². The normalized spacial score (nSPS) is 23.7. The molecule has 0 bridgehead atoms. The van der Waals surface area contributed by atoms with Gasteiger partial charge in [0.25, 0.3) is 11.7 Å². The number of ketones is 1. The first-order valence-corrected chi connectivity index (χ1v) is 19.7. The van der Waals surface area contributed by atoms with Gasteiger partial charge in [-0.3, -0.25) is 19.2 Å². The lowest BCUT2D eigenvalue weighted by atomic mass is 9.84. The molecule has 5 rings (SSSR count). The summed E-state index contributed by atoms with van der Waals surface area (Å²) in [6, 6.07) is 4.03. The summed E-state index contributed by atoms with van der Waals surface area (Å²) in [6.45, 7) is 11.3. The zero-order chi connectivity index (χ0) is 38.8. The SMILES string of the molecule is CCCNC(=O)C(=O)/C(=C\C1CCC1)NC(=O)[C@@H]1[C@H]2C(C(Cl)Cl)[C@H]2CN1C(=O)[C@@H](NC(=O)N[C@H](C(=O)OC1Cc2ccccc2C1)C(C)C)C(C)(C)C. The van der Waals surface area contributed by atoms with Gasteiger partial charge in [0.15, 0.2) is 0 Å². The van der Waals surface area contributed by atoms with E-state index >= 15 is 0 Å². The molecule has 1 aliphatic heterocycles. The number of allylic oxidation sites excluding steroid dienone is 1. The van der Waals surface area contributed by atoms with E-state index in [4.69, 9.17) is 27.9 Å². The van der Waals surface area contributed by atoms with E-state index < -0.39 is 63.9 Å². The fourth-order valence-corrected chi connectivity index (χ4v) is 8.40. The number of benzene rings is 1. The molecule has 2 saturated carbocycles. The van der Waals surface area contributed by atoms with Gasteiger partial charge >= 0.3 is 12.0 Å². The fraction of sp³-hybridized carbons (Fsp3) is 0.641. The largest absolute Gasteiger partial charge is 0.460 e. The molecule has 3 aliphatic carbocycles. The van der Waals surface area contributed by atoms with E-state index in [0.29, 0.717) is 25.8 Å². The molecule has 6 atom stereocenters. The highest BCUT2D eigenvalue weighted by Crippen LogP contribution is 2.59. The van der Waals surface area contributed by atoms with Crippen LogP contribution in [0.2, 0.25) is 0 Å². The molecule has 53 heavy (non-hydrogen) atoms.